The third kappa shape index (κ3) is 3.35. The number of nitro benzene ring substituents is 1. The first-order chi connectivity index (χ1) is 11.8. The summed E-state index contributed by atoms with van der Waals surface area (Å²) in [4.78, 5) is 38.9. The second-order valence-corrected chi connectivity index (χ2v) is 5.30. The molecule has 2 rings (SSSR count). The second-order valence-electron chi connectivity index (χ2n) is 5.30. The molecule has 0 aliphatic carbocycles. The summed E-state index contributed by atoms with van der Waals surface area (Å²) in [5.41, 5.74) is -0.436. The molecule has 0 aliphatic rings. The Morgan fingerprint density at radius 2 is 1.88 bits per heavy atom. The van der Waals surface area contributed by atoms with Crippen molar-refractivity contribution >= 4 is 17.6 Å². The number of hydrogen-bond acceptors (Lipinski definition) is 6. The van der Waals surface area contributed by atoms with Gasteiger partial charge in [-0.2, -0.15) is 0 Å². The Hall–Kier alpha value is -3.23. The highest BCUT2D eigenvalue weighted by Crippen LogP contribution is 2.23. The second kappa shape index (κ2) is 7.12. The molecular formula is C16H18N4O5. The number of aromatic hydroxyl groups is 1. The maximum absolute atomic E-state index is 12.4. The van der Waals surface area contributed by atoms with Crippen LogP contribution in [0.1, 0.15) is 25.0 Å². The molecule has 0 spiro atoms. The molecule has 1 N–H and O–H groups in total. The number of nitrogens with zero attached hydrogens (tertiary/aromatic N) is 4. The number of nitro groups is 1. The molecule has 2 aromatic rings. The van der Waals surface area contributed by atoms with Gasteiger partial charge in [-0.3, -0.25) is 29.0 Å². The number of aromatic nitrogens is 2. The van der Waals surface area contributed by atoms with Crippen molar-refractivity contribution in [1.82, 2.24) is 9.13 Å². The van der Waals surface area contributed by atoms with Gasteiger partial charge < -0.3 is 5.11 Å². The highest BCUT2D eigenvalue weighted by molar-refractivity contribution is 5.84. The maximum atomic E-state index is 12.4. The van der Waals surface area contributed by atoms with E-state index < -0.39 is 22.1 Å². The Kier molecular flexibility index (Phi) is 5.16. The van der Waals surface area contributed by atoms with Crippen LogP contribution in [0.4, 0.5) is 11.4 Å². The summed E-state index contributed by atoms with van der Waals surface area (Å²) in [6.45, 7) is 5.34. The fourth-order valence-electron chi connectivity index (χ4n) is 2.42. The summed E-state index contributed by atoms with van der Waals surface area (Å²) in [6, 6.07) is 4.12. The van der Waals surface area contributed by atoms with Crippen LogP contribution in [0.2, 0.25) is 0 Å². The Balaban J connectivity index is 2.57. The highest BCUT2D eigenvalue weighted by Gasteiger charge is 2.16. The summed E-state index contributed by atoms with van der Waals surface area (Å²) in [5.74, 6) is -0.453. The van der Waals surface area contributed by atoms with Crippen molar-refractivity contribution in [3.8, 4) is 5.88 Å². The lowest BCUT2D eigenvalue weighted by molar-refractivity contribution is -0.384. The van der Waals surface area contributed by atoms with Crippen molar-refractivity contribution in [3.05, 3.63) is 60.3 Å². The number of aryl methyl sites for hydroxylation is 1. The highest BCUT2D eigenvalue weighted by atomic mass is 16.6. The SMILES string of the molecule is CCn1c(O)c(C=Nc2ccc([N+](=O)[O-])cc2C)c(=O)n(CC)c1=O. The topological polar surface area (TPSA) is 120 Å². The molecule has 0 bridgehead atoms. The van der Waals surface area contributed by atoms with E-state index in [4.69, 9.17) is 0 Å². The summed E-state index contributed by atoms with van der Waals surface area (Å²) < 4.78 is 2.09. The lowest BCUT2D eigenvalue weighted by Gasteiger charge is -2.11. The van der Waals surface area contributed by atoms with Crippen LogP contribution < -0.4 is 11.2 Å². The van der Waals surface area contributed by atoms with Gasteiger partial charge in [-0.05, 0) is 32.4 Å². The first-order valence-corrected chi connectivity index (χ1v) is 7.67. The summed E-state index contributed by atoms with van der Waals surface area (Å²) in [7, 11) is 0. The van der Waals surface area contributed by atoms with Crippen molar-refractivity contribution in [2.75, 3.05) is 0 Å². The van der Waals surface area contributed by atoms with E-state index >= 15 is 0 Å². The monoisotopic (exact) mass is 346 g/mol. The predicted molar refractivity (Wildman–Crippen MR) is 93.1 cm³/mol. The molecule has 9 heteroatoms. The van der Waals surface area contributed by atoms with Crippen molar-refractivity contribution in [1.29, 1.82) is 0 Å². The molecule has 1 aromatic heterocycles. The van der Waals surface area contributed by atoms with Crippen LogP contribution in [-0.4, -0.2) is 25.4 Å². The minimum atomic E-state index is -0.641. The Labute approximate surface area is 142 Å². The first kappa shape index (κ1) is 18.1. The van der Waals surface area contributed by atoms with Crippen LogP contribution >= 0.6 is 0 Å². The molecule has 0 saturated heterocycles. The Bertz CT molecular complexity index is 972. The van der Waals surface area contributed by atoms with Crippen LogP contribution in [0.15, 0.2) is 32.8 Å². The van der Waals surface area contributed by atoms with Crippen LogP contribution in [0.5, 0.6) is 5.88 Å². The van der Waals surface area contributed by atoms with Gasteiger partial charge in [0.15, 0.2) is 0 Å². The van der Waals surface area contributed by atoms with Gasteiger partial charge >= 0.3 is 5.69 Å². The zero-order valence-electron chi connectivity index (χ0n) is 14.1. The average Bonchev–Trinajstić information content (AvgIpc) is 2.56. The third-order valence-corrected chi connectivity index (χ3v) is 3.79. The van der Waals surface area contributed by atoms with Gasteiger partial charge in [-0.1, -0.05) is 0 Å². The van der Waals surface area contributed by atoms with Gasteiger partial charge in [-0.25, -0.2) is 4.79 Å². The molecule has 9 nitrogen and oxygen atoms in total. The zero-order valence-corrected chi connectivity index (χ0v) is 14.1. The fraction of sp³-hybridized carbons (Fsp3) is 0.312. The molecule has 1 heterocycles. The van der Waals surface area contributed by atoms with E-state index in [0.717, 1.165) is 9.13 Å². The van der Waals surface area contributed by atoms with E-state index in [-0.39, 0.29) is 24.3 Å². The molecule has 0 atom stereocenters. The van der Waals surface area contributed by atoms with Crippen LogP contribution in [0.25, 0.3) is 0 Å². The molecule has 0 saturated carbocycles. The minimum Gasteiger partial charge on any atom is -0.494 e. The van der Waals surface area contributed by atoms with Crippen molar-refractivity contribution in [3.63, 3.8) is 0 Å². The van der Waals surface area contributed by atoms with Gasteiger partial charge in [0.05, 0.1) is 10.6 Å². The molecule has 0 aliphatic heterocycles. The molecular weight excluding hydrogens is 328 g/mol. The van der Waals surface area contributed by atoms with Gasteiger partial charge in [0.2, 0.25) is 5.88 Å². The number of hydrogen-bond donors (Lipinski definition) is 1. The van der Waals surface area contributed by atoms with Crippen molar-refractivity contribution < 1.29 is 10.0 Å². The molecule has 1 aromatic carbocycles. The number of aliphatic imine (C=N–C) groups is 1. The van der Waals surface area contributed by atoms with E-state index in [1.807, 2.05) is 0 Å². The Morgan fingerprint density at radius 1 is 1.24 bits per heavy atom. The molecule has 0 unspecified atom stereocenters. The van der Waals surface area contributed by atoms with Gasteiger partial charge in [0, 0.05) is 31.4 Å². The normalized spacial score (nSPS) is 11.2. The summed E-state index contributed by atoms with van der Waals surface area (Å²) in [5, 5.41) is 21.0. The molecule has 25 heavy (non-hydrogen) atoms. The summed E-state index contributed by atoms with van der Waals surface area (Å²) in [6.07, 6.45) is 1.17. The largest absolute Gasteiger partial charge is 0.494 e. The standard InChI is InChI=1S/C16H18N4O5/c1-4-18-14(21)12(15(22)19(5-2)16(18)23)9-17-13-7-6-11(20(24)25)8-10(13)3/h6-9,21H,4-5H2,1-3H3. The third-order valence-electron chi connectivity index (χ3n) is 3.79. The van der Waals surface area contributed by atoms with E-state index in [0.29, 0.717) is 11.3 Å². The van der Waals surface area contributed by atoms with Crippen molar-refractivity contribution in [2.24, 2.45) is 4.99 Å². The quantitative estimate of drug-likeness (QED) is 0.502. The predicted octanol–water partition coefficient (Wildman–Crippen LogP) is 1.72. The van der Waals surface area contributed by atoms with Crippen LogP contribution in [0.3, 0.4) is 0 Å². The molecule has 0 amide bonds. The van der Waals surface area contributed by atoms with Crippen LogP contribution in [0, 0.1) is 17.0 Å². The lowest BCUT2D eigenvalue weighted by atomic mass is 10.2. The average molecular weight is 346 g/mol. The first-order valence-electron chi connectivity index (χ1n) is 7.67. The van der Waals surface area contributed by atoms with Gasteiger partial charge in [0.1, 0.15) is 5.56 Å². The smallest absolute Gasteiger partial charge is 0.333 e. The van der Waals surface area contributed by atoms with Gasteiger partial charge in [0.25, 0.3) is 11.2 Å². The van der Waals surface area contributed by atoms with E-state index in [1.54, 1.807) is 20.8 Å². The number of rotatable bonds is 5. The summed E-state index contributed by atoms with van der Waals surface area (Å²) >= 11 is 0. The molecule has 0 radical (unpaired) electrons. The maximum Gasteiger partial charge on any atom is 0.333 e. The lowest BCUT2D eigenvalue weighted by Crippen LogP contribution is -2.41. The molecule has 132 valence electrons. The molecule has 0 fully saturated rings. The fourth-order valence-corrected chi connectivity index (χ4v) is 2.42. The minimum absolute atomic E-state index is 0.0628. The van der Waals surface area contributed by atoms with Crippen molar-refractivity contribution in [2.45, 2.75) is 33.9 Å². The number of non-ortho nitro benzene ring substituents is 1. The number of benzene rings is 1. The van der Waals surface area contributed by atoms with E-state index in [1.165, 1.54) is 24.4 Å². The zero-order chi connectivity index (χ0) is 18.7. The van der Waals surface area contributed by atoms with E-state index in [9.17, 15) is 24.8 Å². The van der Waals surface area contributed by atoms with Crippen LogP contribution in [-0.2, 0) is 13.1 Å². The van der Waals surface area contributed by atoms with E-state index in [2.05, 4.69) is 4.99 Å². The Morgan fingerprint density at radius 3 is 2.40 bits per heavy atom. The van der Waals surface area contributed by atoms with Gasteiger partial charge in [-0.15, -0.1) is 0 Å².